The second kappa shape index (κ2) is 7.36. The lowest BCUT2D eigenvalue weighted by Gasteiger charge is -2.09. The zero-order chi connectivity index (χ0) is 21.5. The molecule has 0 saturated heterocycles. The summed E-state index contributed by atoms with van der Waals surface area (Å²) in [6.07, 6.45) is 1.74. The molecule has 0 atom stereocenters. The van der Waals surface area contributed by atoms with Crippen molar-refractivity contribution in [1.82, 2.24) is 0 Å². The summed E-state index contributed by atoms with van der Waals surface area (Å²) in [5, 5.41) is 1.81. The molecule has 0 fully saturated rings. The SMILES string of the molecule is COc1ccc(-c2coc3c(C)c4oc(=O)cc(-c5ccc(OC)cc5)c4cc23)cc1. The van der Waals surface area contributed by atoms with Crippen molar-refractivity contribution in [3.8, 4) is 33.8 Å². The molecule has 5 heteroatoms. The van der Waals surface area contributed by atoms with Gasteiger partial charge in [-0.25, -0.2) is 4.79 Å². The lowest BCUT2D eigenvalue weighted by Crippen LogP contribution is -1.99. The number of furan rings is 1. The van der Waals surface area contributed by atoms with Crippen molar-refractivity contribution in [3.05, 3.63) is 82.9 Å². The number of ether oxygens (including phenoxy) is 2. The molecule has 0 amide bonds. The van der Waals surface area contributed by atoms with Crippen molar-refractivity contribution in [3.63, 3.8) is 0 Å². The van der Waals surface area contributed by atoms with Crippen LogP contribution in [-0.2, 0) is 0 Å². The van der Waals surface area contributed by atoms with E-state index in [2.05, 4.69) is 0 Å². The van der Waals surface area contributed by atoms with Crippen molar-refractivity contribution in [1.29, 1.82) is 0 Å². The molecular formula is C26H20O5. The van der Waals surface area contributed by atoms with Gasteiger partial charge in [0.2, 0.25) is 0 Å². The average molecular weight is 412 g/mol. The van der Waals surface area contributed by atoms with Crippen LogP contribution in [0.4, 0.5) is 0 Å². The summed E-state index contributed by atoms with van der Waals surface area (Å²) < 4.78 is 22.0. The molecule has 0 aliphatic carbocycles. The van der Waals surface area contributed by atoms with Gasteiger partial charge >= 0.3 is 5.63 Å². The van der Waals surface area contributed by atoms with Crippen LogP contribution in [0.3, 0.4) is 0 Å². The Morgan fingerprint density at radius 3 is 1.84 bits per heavy atom. The van der Waals surface area contributed by atoms with Crippen molar-refractivity contribution >= 4 is 21.9 Å². The Balaban J connectivity index is 1.78. The number of hydrogen-bond donors (Lipinski definition) is 0. The minimum Gasteiger partial charge on any atom is -0.497 e. The minimum absolute atomic E-state index is 0.400. The molecule has 0 spiro atoms. The summed E-state index contributed by atoms with van der Waals surface area (Å²) in [5.41, 5.74) is 5.32. The second-order valence-electron chi connectivity index (χ2n) is 7.34. The first kappa shape index (κ1) is 19.0. The van der Waals surface area contributed by atoms with E-state index in [4.69, 9.17) is 18.3 Å². The van der Waals surface area contributed by atoms with Crippen LogP contribution in [0.25, 0.3) is 44.2 Å². The van der Waals surface area contributed by atoms with Crippen LogP contribution in [0.5, 0.6) is 11.5 Å². The lowest BCUT2D eigenvalue weighted by molar-refractivity contribution is 0.415. The molecule has 154 valence electrons. The third-order valence-electron chi connectivity index (χ3n) is 5.60. The predicted molar refractivity (Wildman–Crippen MR) is 121 cm³/mol. The van der Waals surface area contributed by atoms with Gasteiger partial charge in [-0.2, -0.15) is 0 Å². The van der Waals surface area contributed by atoms with E-state index in [1.165, 1.54) is 6.07 Å². The molecule has 5 nitrogen and oxygen atoms in total. The molecule has 2 aromatic heterocycles. The number of methoxy groups -OCH3 is 2. The molecule has 5 aromatic rings. The van der Waals surface area contributed by atoms with Crippen LogP contribution in [0, 0.1) is 6.92 Å². The summed E-state index contributed by atoms with van der Waals surface area (Å²) in [7, 11) is 3.27. The molecular weight excluding hydrogens is 392 g/mol. The van der Waals surface area contributed by atoms with Crippen molar-refractivity contribution in [2.24, 2.45) is 0 Å². The smallest absolute Gasteiger partial charge is 0.336 e. The van der Waals surface area contributed by atoms with Gasteiger partial charge in [0.05, 0.1) is 20.5 Å². The maximum atomic E-state index is 12.3. The standard InChI is InChI=1S/C26H20O5/c1-15-25-22(23(14-30-25)17-6-10-19(29-3)11-7-17)12-21-20(13-24(27)31-26(15)21)16-4-8-18(28-2)9-5-16/h4-14H,1-3H3. The van der Waals surface area contributed by atoms with Crippen LogP contribution in [0.2, 0.25) is 0 Å². The van der Waals surface area contributed by atoms with Gasteiger partial charge in [0.25, 0.3) is 0 Å². The van der Waals surface area contributed by atoms with Gasteiger partial charge < -0.3 is 18.3 Å². The summed E-state index contributed by atoms with van der Waals surface area (Å²) in [6.45, 7) is 1.91. The van der Waals surface area contributed by atoms with Gasteiger partial charge in [-0.1, -0.05) is 24.3 Å². The Kier molecular flexibility index (Phi) is 4.51. The van der Waals surface area contributed by atoms with Gasteiger partial charge in [0.15, 0.2) is 0 Å². The Labute approximate surface area is 178 Å². The minimum atomic E-state index is -0.400. The van der Waals surface area contributed by atoms with Crippen LogP contribution >= 0.6 is 0 Å². The van der Waals surface area contributed by atoms with Gasteiger partial charge in [-0.3, -0.25) is 0 Å². The van der Waals surface area contributed by atoms with E-state index in [0.717, 1.165) is 50.1 Å². The highest BCUT2D eigenvalue weighted by molar-refractivity contribution is 6.08. The van der Waals surface area contributed by atoms with E-state index in [9.17, 15) is 4.79 Å². The first-order valence-electron chi connectivity index (χ1n) is 9.86. The Hall–Kier alpha value is -3.99. The van der Waals surface area contributed by atoms with E-state index >= 15 is 0 Å². The van der Waals surface area contributed by atoms with E-state index in [1.807, 2.05) is 61.5 Å². The number of benzene rings is 3. The Morgan fingerprint density at radius 1 is 0.710 bits per heavy atom. The Morgan fingerprint density at radius 2 is 1.26 bits per heavy atom. The molecule has 0 aliphatic heterocycles. The third kappa shape index (κ3) is 3.15. The van der Waals surface area contributed by atoms with Gasteiger partial charge in [-0.05, 0) is 53.9 Å². The molecule has 5 rings (SSSR count). The molecule has 0 bridgehead atoms. The van der Waals surface area contributed by atoms with Gasteiger partial charge in [0, 0.05) is 28.0 Å². The number of hydrogen-bond acceptors (Lipinski definition) is 5. The molecule has 0 saturated carbocycles. The second-order valence-corrected chi connectivity index (χ2v) is 7.34. The zero-order valence-electron chi connectivity index (χ0n) is 17.4. The van der Waals surface area contributed by atoms with Crippen LogP contribution < -0.4 is 15.1 Å². The fourth-order valence-electron chi connectivity index (χ4n) is 3.98. The van der Waals surface area contributed by atoms with E-state index in [1.54, 1.807) is 20.5 Å². The first-order chi connectivity index (χ1) is 15.1. The lowest BCUT2D eigenvalue weighted by atomic mass is 9.96. The summed E-state index contributed by atoms with van der Waals surface area (Å²) in [4.78, 5) is 12.3. The summed E-state index contributed by atoms with van der Waals surface area (Å²) in [6, 6.07) is 19.0. The number of fused-ring (bicyclic) bond motifs is 2. The van der Waals surface area contributed by atoms with Crippen molar-refractivity contribution in [2.75, 3.05) is 14.2 Å². The highest BCUT2D eigenvalue weighted by Gasteiger charge is 2.18. The fraction of sp³-hybridized carbons (Fsp3) is 0.115. The molecule has 0 aliphatic rings. The fourth-order valence-corrected chi connectivity index (χ4v) is 3.98. The van der Waals surface area contributed by atoms with Gasteiger partial charge in [-0.15, -0.1) is 0 Å². The van der Waals surface area contributed by atoms with E-state index in [-0.39, 0.29) is 0 Å². The van der Waals surface area contributed by atoms with E-state index in [0.29, 0.717) is 11.2 Å². The molecule has 0 unspecified atom stereocenters. The van der Waals surface area contributed by atoms with Crippen molar-refractivity contribution < 1.29 is 18.3 Å². The predicted octanol–water partition coefficient (Wildman–Crippen LogP) is 6.20. The summed E-state index contributed by atoms with van der Waals surface area (Å²) >= 11 is 0. The molecule has 2 heterocycles. The highest BCUT2D eigenvalue weighted by atomic mass is 16.5. The molecule has 0 N–H and O–H groups in total. The van der Waals surface area contributed by atoms with Crippen LogP contribution in [0.1, 0.15) is 5.56 Å². The normalized spacial score (nSPS) is 11.2. The highest BCUT2D eigenvalue weighted by Crippen LogP contribution is 2.39. The quantitative estimate of drug-likeness (QED) is 0.329. The zero-order valence-corrected chi connectivity index (χ0v) is 17.4. The number of aryl methyl sites for hydroxylation is 1. The van der Waals surface area contributed by atoms with Crippen LogP contribution in [-0.4, -0.2) is 14.2 Å². The monoisotopic (exact) mass is 412 g/mol. The number of rotatable bonds is 4. The summed E-state index contributed by atoms with van der Waals surface area (Å²) in [5.74, 6) is 1.55. The topological polar surface area (TPSA) is 61.8 Å². The third-order valence-corrected chi connectivity index (χ3v) is 5.60. The van der Waals surface area contributed by atoms with E-state index < -0.39 is 5.63 Å². The molecule has 31 heavy (non-hydrogen) atoms. The average Bonchev–Trinajstić information content (AvgIpc) is 3.24. The Bertz CT molecular complexity index is 1460. The molecule has 0 radical (unpaired) electrons. The van der Waals surface area contributed by atoms with Crippen molar-refractivity contribution in [2.45, 2.75) is 6.92 Å². The molecule has 3 aromatic carbocycles. The largest absolute Gasteiger partial charge is 0.497 e. The first-order valence-corrected chi connectivity index (χ1v) is 9.86. The van der Waals surface area contributed by atoms with Gasteiger partial charge in [0.1, 0.15) is 22.7 Å². The maximum absolute atomic E-state index is 12.3. The van der Waals surface area contributed by atoms with Crippen LogP contribution in [0.15, 0.2) is 80.6 Å². The maximum Gasteiger partial charge on any atom is 0.336 e.